The number of benzene rings is 2. The van der Waals surface area contributed by atoms with E-state index in [1.54, 1.807) is 4.57 Å². The highest BCUT2D eigenvalue weighted by Gasteiger charge is 2.51. The Bertz CT molecular complexity index is 1730. The Balaban J connectivity index is 1.13. The first-order valence-corrected chi connectivity index (χ1v) is 15.3. The van der Waals surface area contributed by atoms with E-state index < -0.39 is 48.0 Å². The zero-order valence-electron chi connectivity index (χ0n) is 25.1. The van der Waals surface area contributed by atoms with Crippen molar-refractivity contribution in [3.63, 3.8) is 0 Å². The van der Waals surface area contributed by atoms with Gasteiger partial charge in [-0.1, -0.05) is 73.5 Å². The highest BCUT2D eigenvalue weighted by Crippen LogP contribution is 2.32. The van der Waals surface area contributed by atoms with Crippen LogP contribution in [-0.4, -0.2) is 91.4 Å². The molecule has 2 aliphatic heterocycles. The fraction of sp³-hybridized carbons (Fsp3) is 0.400. The molecule has 2 aliphatic rings. The first kappa shape index (κ1) is 32.0. The van der Waals surface area contributed by atoms with Crippen LogP contribution in [0.4, 0.5) is 0 Å². The molecule has 0 aliphatic carbocycles. The third kappa shape index (κ3) is 7.08. The van der Waals surface area contributed by atoms with Crippen LogP contribution in [0, 0.1) is 10.1 Å². The minimum absolute atomic E-state index is 0.0141. The van der Waals surface area contributed by atoms with Crippen LogP contribution in [-0.2, 0) is 41.5 Å². The summed E-state index contributed by atoms with van der Waals surface area (Å²) in [4.78, 5) is 45.6. The van der Waals surface area contributed by atoms with Crippen LogP contribution in [0.25, 0.3) is 22.5 Å². The summed E-state index contributed by atoms with van der Waals surface area (Å²) in [5.41, 5.74) is 3.57. The van der Waals surface area contributed by atoms with E-state index in [0.29, 0.717) is 18.1 Å². The SMILES string of the molecule is CCCCc1nc(Cl)c(C(=O)OCC(=O)O[C@H]2CO[C@H]3[C@@H]2OC[C@H]3O[N+](=O)[O-])n1Cc1ccc(-c2ccccc2-c2nn[nH]n2)cc1. The lowest BCUT2D eigenvalue weighted by Crippen LogP contribution is -2.36. The number of imidazole rings is 1. The normalized spacial score (nSPS) is 20.1. The molecule has 1 N–H and O–H groups in total. The Kier molecular flexibility index (Phi) is 9.70. The molecular formula is C30H30ClN7O9. The quantitative estimate of drug-likeness (QED) is 0.124. The second-order valence-electron chi connectivity index (χ2n) is 10.9. The number of aryl methyl sites for hydroxylation is 1. The second kappa shape index (κ2) is 14.2. The number of esters is 2. The number of nitrogens with one attached hydrogen (secondary N) is 1. The summed E-state index contributed by atoms with van der Waals surface area (Å²) in [7, 11) is 0. The predicted molar refractivity (Wildman–Crippen MR) is 162 cm³/mol. The van der Waals surface area contributed by atoms with Gasteiger partial charge in [-0.05, 0) is 28.3 Å². The molecule has 16 nitrogen and oxygen atoms in total. The zero-order chi connectivity index (χ0) is 32.9. The molecular weight excluding hydrogens is 638 g/mol. The van der Waals surface area contributed by atoms with Gasteiger partial charge in [0, 0.05) is 18.5 Å². The summed E-state index contributed by atoms with van der Waals surface area (Å²) in [6.07, 6.45) is -0.970. The predicted octanol–water partition coefficient (Wildman–Crippen LogP) is 3.22. The Morgan fingerprint density at radius 3 is 2.51 bits per heavy atom. The third-order valence-corrected chi connectivity index (χ3v) is 8.12. The van der Waals surface area contributed by atoms with Gasteiger partial charge in [0.25, 0.3) is 5.09 Å². The molecule has 4 aromatic rings. The van der Waals surface area contributed by atoms with Crippen LogP contribution in [0.15, 0.2) is 48.5 Å². The molecule has 0 amide bonds. The van der Waals surface area contributed by atoms with Crippen molar-refractivity contribution >= 4 is 23.5 Å². The van der Waals surface area contributed by atoms with Crippen molar-refractivity contribution in [2.24, 2.45) is 0 Å². The number of aromatic nitrogens is 6. The topological polar surface area (TPSA) is 196 Å². The van der Waals surface area contributed by atoms with E-state index in [1.807, 2.05) is 55.5 Å². The standard InChI is InChI=1S/C30H30ClN7O9/c1-2-3-8-23-32-28(31)25(30(40)45-16-24(39)46-21-14-43-27-22(47-38(41)42)15-44-26(21)27)37(23)13-17-9-11-18(12-10-17)19-6-4-5-7-20(19)29-33-35-36-34-29/h4-7,9-12,21-22,26-27H,2-3,8,13-16H2,1H3,(H,33,34,35,36)/t21-,22+,26+,27+/m0/s1. The number of carbonyl (C=O) groups excluding carboxylic acids is 2. The van der Waals surface area contributed by atoms with E-state index >= 15 is 0 Å². The lowest BCUT2D eigenvalue weighted by Gasteiger charge is -2.17. The molecule has 0 radical (unpaired) electrons. The fourth-order valence-corrected chi connectivity index (χ4v) is 5.94. The van der Waals surface area contributed by atoms with Crippen LogP contribution < -0.4 is 0 Å². The van der Waals surface area contributed by atoms with Gasteiger partial charge >= 0.3 is 11.9 Å². The number of unbranched alkanes of at least 4 members (excludes halogenated alkanes) is 1. The molecule has 17 heteroatoms. The molecule has 2 saturated heterocycles. The summed E-state index contributed by atoms with van der Waals surface area (Å²) in [5, 5.41) is 24.1. The van der Waals surface area contributed by atoms with Crippen LogP contribution in [0.3, 0.4) is 0 Å². The number of hydrogen-bond acceptors (Lipinski definition) is 13. The number of nitrogens with zero attached hydrogens (tertiary/aromatic N) is 6. The maximum atomic E-state index is 13.3. The molecule has 0 spiro atoms. The second-order valence-corrected chi connectivity index (χ2v) is 11.3. The number of H-pyrrole nitrogens is 1. The van der Waals surface area contributed by atoms with Crippen LogP contribution in [0.2, 0.25) is 5.15 Å². The molecule has 2 aromatic carbocycles. The van der Waals surface area contributed by atoms with E-state index in [2.05, 4.69) is 30.4 Å². The third-order valence-electron chi connectivity index (χ3n) is 7.86. The van der Waals surface area contributed by atoms with Gasteiger partial charge in [-0.25, -0.2) is 14.6 Å². The fourth-order valence-electron chi connectivity index (χ4n) is 5.66. The van der Waals surface area contributed by atoms with Gasteiger partial charge in [0.1, 0.15) is 18.0 Å². The summed E-state index contributed by atoms with van der Waals surface area (Å²) in [5.74, 6) is -0.601. The Morgan fingerprint density at radius 2 is 1.81 bits per heavy atom. The van der Waals surface area contributed by atoms with E-state index in [-0.39, 0.29) is 30.6 Å². The van der Waals surface area contributed by atoms with E-state index in [0.717, 1.165) is 35.1 Å². The maximum absolute atomic E-state index is 13.3. The molecule has 4 heterocycles. The molecule has 4 atom stereocenters. The largest absolute Gasteiger partial charge is 0.454 e. The number of rotatable bonds is 13. The highest BCUT2D eigenvalue weighted by molar-refractivity contribution is 6.32. The van der Waals surface area contributed by atoms with Crippen molar-refractivity contribution in [3.8, 4) is 22.5 Å². The Labute approximate surface area is 272 Å². The summed E-state index contributed by atoms with van der Waals surface area (Å²) in [6, 6.07) is 15.5. The smallest absolute Gasteiger partial charge is 0.358 e. The van der Waals surface area contributed by atoms with Crippen molar-refractivity contribution in [3.05, 3.63) is 80.9 Å². The van der Waals surface area contributed by atoms with E-state index in [1.165, 1.54) is 0 Å². The van der Waals surface area contributed by atoms with Crippen molar-refractivity contribution in [2.45, 2.75) is 57.1 Å². The molecule has 2 aromatic heterocycles. The molecule has 6 rings (SSSR count). The van der Waals surface area contributed by atoms with Crippen molar-refractivity contribution in [1.29, 1.82) is 0 Å². The monoisotopic (exact) mass is 667 g/mol. The highest BCUT2D eigenvalue weighted by atomic mass is 35.5. The first-order chi connectivity index (χ1) is 22.8. The maximum Gasteiger partial charge on any atom is 0.358 e. The summed E-state index contributed by atoms with van der Waals surface area (Å²) >= 11 is 6.46. The average Bonchev–Trinajstić information content (AvgIpc) is 3.87. The van der Waals surface area contributed by atoms with Crippen molar-refractivity contribution in [1.82, 2.24) is 30.2 Å². The number of carbonyl (C=O) groups is 2. The van der Waals surface area contributed by atoms with Gasteiger partial charge in [0.05, 0.1) is 13.2 Å². The number of fused-ring (bicyclic) bond motifs is 1. The lowest BCUT2D eigenvalue weighted by atomic mass is 9.98. The number of ether oxygens (including phenoxy) is 4. The molecule has 2 fully saturated rings. The minimum Gasteiger partial charge on any atom is -0.454 e. The molecule has 0 unspecified atom stereocenters. The number of aromatic amines is 1. The van der Waals surface area contributed by atoms with Crippen molar-refractivity contribution < 1.29 is 38.5 Å². The summed E-state index contributed by atoms with van der Waals surface area (Å²) < 4.78 is 23.4. The molecule has 47 heavy (non-hydrogen) atoms. The number of halogens is 1. The average molecular weight is 668 g/mol. The van der Waals surface area contributed by atoms with Crippen LogP contribution in [0.5, 0.6) is 0 Å². The van der Waals surface area contributed by atoms with Gasteiger partial charge in [-0.3, -0.25) is 0 Å². The van der Waals surface area contributed by atoms with Crippen molar-refractivity contribution in [2.75, 3.05) is 19.8 Å². The van der Waals surface area contributed by atoms with E-state index in [4.69, 9.17) is 30.5 Å². The molecule has 246 valence electrons. The molecule has 0 saturated carbocycles. The van der Waals surface area contributed by atoms with Gasteiger partial charge in [-0.15, -0.1) is 20.3 Å². The molecule has 0 bridgehead atoms. The van der Waals surface area contributed by atoms with Crippen LogP contribution >= 0.6 is 11.6 Å². The number of tetrazole rings is 1. The van der Waals surface area contributed by atoms with Gasteiger partial charge in [0.2, 0.25) is 5.82 Å². The Morgan fingerprint density at radius 1 is 1.09 bits per heavy atom. The van der Waals surface area contributed by atoms with E-state index in [9.17, 15) is 19.7 Å². The lowest BCUT2D eigenvalue weighted by molar-refractivity contribution is -0.769. The van der Waals surface area contributed by atoms with Gasteiger partial charge < -0.3 is 28.4 Å². The van der Waals surface area contributed by atoms with Gasteiger partial charge in [-0.2, -0.15) is 5.21 Å². The first-order valence-electron chi connectivity index (χ1n) is 14.9. The minimum atomic E-state index is -0.926. The van der Waals surface area contributed by atoms with Crippen LogP contribution in [0.1, 0.15) is 41.6 Å². The zero-order valence-corrected chi connectivity index (χ0v) is 25.9. The Hall–Kier alpha value is -4.93. The summed E-state index contributed by atoms with van der Waals surface area (Å²) in [6.45, 7) is 1.48. The number of hydrogen-bond donors (Lipinski definition) is 1. The van der Waals surface area contributed by atoms with Gasteiger partial charge in [0.15, 0.2) is 29.7 Å².